The largest absolute Gasteiger partial charge is 0.416 e. The van der Waals surface area contributed by atoms with E-state index in [1.807, 2.05) is 12.1 Å². The van der Waals surface area contributed by atoms with Crippen molar-refractivity contribution >= 4 is 0 Å². The Bertz CT molecular complexity index is 688. The third-order valence-electron chi connectivity index (χ3n) is 4.12. The Morgan fingerprint density at radius 1 is 1.17 bits per heavy atom. The second-order valence-corrected chi connectivity index (χ2v) is 5.82. The number of nitrogens with one attached hydrogen (secondary N) is 1. The van der Waals surface area contributed by atoms with Gasteiger partial charge in [-0.15, -0.1) is 0 Å². The fourth-order valence-electron chi connectivity index (χ4n) is 2.99. The first-order chi connectivity index (χ1) is 11.4. The molecule has 2 aromatic rings. The molecule has 1 aliphatic rings. The number of nitrogens with zero attached hydrogens (tertiary/aromatic N) is 2. The molecule has 1 unspecified atom stereocenters. The maximum absolute atomic E-state index is 13.6. The highest BCUT2D eigenvalue weighted by atomic mass is 19.4. The van der Waals surface area contributed by atoms with Crippen molar-refractivity contribution in [3.05, 3.63) is 65.2 Å². The average molecular weight is 339 g/mol. The smallest absolute Gasteiger partial charge is 0.314 e. The van der Waals surface area contributed by atoms with Crippen LogP contribution in [0.25, 0.3) is 0 Å². The summed E-state index contributed by atoms with van der Waals surface area (Å²) in [6.45, 7) is 2.36. The number of halogens is 4. The van der Waals surface area contributed by atoms with Crippen LogP contribution in [0.4, 0.5) is 17.6 Å². The Hall–Kier alpha value is -1.99. The SMILES string of the molecule is Fc1cc(CN2CCNCC2c2ccncc2)cc(C(F)(F)F)c1. The molecule has 24 heavy (non-hydrogen) atoms. The average Bonchev–Trinajstić information content (AvgIpc) is 2.55. The first-order valence-corrected chi connectivity index (χ1v) is 7.65. The molecule has 1 aromatic carbocycles. The van der Waals surface area contributed by atoms with Crippen LogP contribution in [0.2, 0.25) is 0 Å². The van der Waals surface area contributed by atoms with E-state index < -0.39 is 17.6 Å². The third-order valence-corrected chi connectivity index (χ3v) is 4.12. The van der Waals surface area contributed by atoms with Crippen molar-refractivity contribution in [2.24, 2.45) is 0 Å². The zero-order valence-corrected chi connectivity index (χ0v) is 12.9. The van der Waals surface area contributed by atoms with Crippen molar-refractivity contribution in [1.82, 2.24) is 15.2 Å². The van der Waals surface area contributed by atoms with Gasteiger partial charge in [-0.05, 0) is 41.5 Å². The van der Waals surface area contributed by atoms with Crippen molar-refractivity contribution in [3.8, 4) is 0 Å². The van der Waals surface area contributed by atoms with Crippen LogP contribution in [-0.4, -0.2) is 29.5 Å². The number of pyridine rings is 1. The molecule has 1 aliphatic heterocycles. The van der Waals surface area contributed by atoms with E-state index in [9.17, 15) is 17.6 Å². The van der Waals surface area contributed by atoms with E-state index in [0.29, 0.717) is 24.7 Å². The molecular weight excluding hydrogens is 322 g/mol. The lowest BCUT2D eigenvalue weighted by molar-refractivity contribution is -0.137. The number of piperazine rings is 1. The molecule has 0 aliphatic carbocycles. The van der Waals surface area contributed by atoms with Gasteiger partial charge >= 0.3 is 6.18 Å². The molecule has 1 N–H and O–H groups in total. The predicted octanol–water partition coefficient (Wildman–Crippen LogP) is 3.39. The molecule has 1 atom stereocenters. The monoisotopic (exact) mass is 339 g/mol. The Kier molecular flexibility index (Phi) is 4.82. The zero-order valence-electron chi connectivity index (χ0n) is 12.9. The van der Waals surface area contributed by atoms with E-state index in [1.54, 1.807) is 12.4 Å². The van der Waals surface area contributed by atoms with Gasteiger partial charge in [-0.25, -0.2) is 4.39 Å². The molecule has 0 bridgehead atoms. The van der Waals surface area contributed by atoms with Gasteiger partial charge in [-0.1, -0.05) is 0 Å². The summed E-state index contributed by atoms with van der Waals surface area (Å²) in [7, 11) is 0. The van der Waals surface area contributed by atoms with Crippen LogP contribution >= 0.6 is 0 Å². The molecule has 2 heterocycles. The number of hydrogen-bond acceptors (Lipinski definition) is 3. The first-order valence-electron chi connectivity index (χ1n) is 7.65. The molecule has 0 spiro atoms. The van der Waals surface area contributed by atoms with E-state index in [0.717, 1.165) is 18.2 Å². The molecule has 0 saturated carbocycles. The zero-order chi connectivity index (χ0) is 17.2. The van der Waals surface area contributed by atoms with E-state index in [1.165, 1.54) is 6.07 Å². The minimum atomic E-state index is -4.55. The number of alkyl halides is 3. The predicted molar refractivity (Wildman–Crippen MR) is 81.7 cm³/mol. The maximum atomic E-state index is 13.6. The van der Waals surface area contributed by atoms with Gasteiger partial charge in [0.05, 0.1) is 5.56 Å². The normalized spacial score (nSPS) is 19.4. The lowest BCUT2D eigenvalue weighted by atomic mass is 10.0. The molecule has 128 valence electrons. The second-order valence-electron chi connectivity index (χ2n) is 5.82. The molecule has 3 rings (SSSR count). The van der Waals surface area contributed by atoms with E-state index in [2.05, 4.69) is 15.2 Å². The van der Waals surface area contributed by atoms with Crippen LogP contribution in [0.3, 0.4) is 0 Å². The van der Waals surface area contributed by atoms with Crippen LogP contribution in [0.5, 0.6) is 0 Å². The number of hydrogen-bond donors (Lipinski definition) is 1. The van der Waals surface area contributed by atoms with Crippen LogP contribution in [0, 0.1) is 5.82 Å². The number of benzene rings is 1. The van der Waals surface area contributed by atoms with Gasteiger partial charge < -0.3 is 5.32 Å². The summed E-state index contributed by atoms with van der Waals surface area (Å²) in [6.07, 6.45) is -1.18. The standard InChI is InChI=1S/C17H17F4N3/c18-15-8-12(7-14(9-15)17(19,20)21)11-24-6-5-23-10-16(24)13-1-3-22-4-2-13/h1-4,7-9,16,23H,5-6,10-11H2. The Morgan fingerprint density at radius 2 is 1.92 bits per heavy atom. The lowest BCUT2D eigenvalue weighted by Gasteiger charge is -2.36. The summed E-state index contributed by atoms with van der Waals surface area (Å²) in [5.41, 5.74) is 0.404. The summed E-state index contributed by atoms with van der Waals surface area (Å²) < 4.78 is 52.2. The second kappa shape index (κ2) is 6.86. The quantitative estimate of drug-likeness (QED) is 0.869. The molecule has 7 heteroatoms. The van der Waals surface area contributed by atoms with Crippen molar-refractivity contribution in [3.63, 3.8) is 0 Å². The first kappa shape index (κ1) is 16.9. The Labute approximate surface area is 137 Å². The molecule has 1 fully saturated rings. The van der Waals surface area contributed by atoms with E-state index >= 15 is 0 Å². The van der Waals surface area contributed by atoms with Gasteiger partial charge in [0, 0.05) is 44.6 Å². The van der Waals surface area contributed by atoms with Gasteiger partial charge in [0.2, 0.25) is 0 Å². The molecular formula is C17H17F4N3. The van der Waals surface area contributed by atoms with Gasteiger partial charge in [-0.3, -0.25) is 9.88 Å². The van der Waals surface area contributed by atoms with Gasteiger partial charge in [-0.2, -0.15) is 13.2 Å². The summed E-state index contributed by atoms with van der Waals surface area (Å²) >= 11 is 0. The lowest BCUT2D eigenvalue weighted by Crippen LogP contribution is -2.45. The Balaban J connectivity index is 1.85. The fourth-order valence-corrected chi connectivity index (χ4v) is 2.99. The van der Waals surface area contributed by atoms with Crippen LogP contribution < -0.4 is 5.32 Å². The van der Waals surface area contributed by atoms with Crippen molar-refractivity contribution in [2.75, 3.05) is 19.6 Å². The molecule has 0 amide bonds. The van der Waals surface area contributed by atoms with Gasteiger partial charge in [0.15, 0.2) is 0 Å². The van der Waals surface area contributed by atoms with Crippen LogP contribution in [0.15, 0.2) is 42.7 Å². The Morgan fingerprint density at radius 3 is 2.62 bits per heavy atom. The van der Waals surface area contributed by atoms with Gasteiger partial charge in [0.1, 0.15) is 5.82 Å². The minimum absolute atomic E-state index is 0.0133. The minimum Gasteiger partial charge on any atom is -0.314 e. The molecule has 0 radical (unpaired) electrons. The maximum Gasteiger partial charge on any atom is 0.416 e. The van der Waals surface area contributed by atoms with E-state index in [-0.39, 0.29) is 12.6 Å². The fraction of sp³-hybridized carbons (Fsp3) is 0.353. The van der Waals surface area contributed by atoms with Crippen molar-refractivity contribution in [2.45, 2.75) is 18.8 Å². The van der Waals surface area contributed by atoms with Crippen molar-refractivity contribution < 1.29 is 17.6 Å². The van der Waals surface area contributed by atoms with Gasteiger partial charge in [0.25, 0.3) is 0 Å². The van der Waals surface area contributed by atoms with Crippen LogP contribution in [-0.2, 0) is 12.7 Å². The van der Waals surface area contributed by atoms with Crippen LogP contribution in [0.1, 0.15) is 22.7 Å². The highest BCUT2D eigenvalue weighted by Gasteiger charge is 2.32. The summed E-state index contributed by atoms with van der Waals surface area (Å²) in [6, 6.07) is 6.51. The number of aromatic nitrogens is 1. The van der Waals surface area contributed by atoms with Crippen molar-refractivity contribution in [1.29, 1.82) is 0 Å². The number of rotatable bonds is 3. The topological polar surface area (TPSA) is 28.2 Å². The summed E-state index contributed by atoms with van der Waals surface area (Å²) in [5.74, 6) is -0.865. The third kappa shape index (κ3) is 3.91. The summed E-state index contributed by atoms with van der Waals surface area (Å²) in [4.78, 5) is 6.04. The molecule has 1 aromatic heterocycles. The summed E-state index contributed by atoms with van der Waals surface area (Å²) in [5, 5.41) is 3.28. The highest BCUT2D eigenvalue weighted by Crippen LogP contribution is 2.31. The van der Waals surface area contributed by atoms with E-state index in [4.69, 9.17) is 0 Å². The molecule has 1 saturated heterocycles. The molecule has 3 nitrogen and oxygen atoms in total. The highest BCUT2D eigenvalue weighted by molar-refractivity contribution is 5.27.